The Balaban J connectivity index is 1.06. The molecule has 4 heteroatoms. The minimum absolute atomic E-state index is 0.105. The third kappa shape index (κ3) is 6.61. The highest BCUT2D eigenvalue weighted by Gasteiger charge is 2.32. The van der Waals surface area contributed by atoms with Crippen molar-refractivity contribution in [1.29, 1.82) is 0 Å². The third-order valence-corrected chi connectivity index (χ3v) is 17.9. The van der Waals surface area contributed by atoms with Crippen molar-refractivity contribution in [2.45, 2.75) is 118 Å². The second kappa shape index (κ2) is 16.3. The van der Waals surface area contributed by atoms with Crippen LogP contribution in [-0.2, 0) is 36.5 Å². The molecule has 0 fully saturated rings. The molecule has 0 amide bonds. The van der Waals surface area contributed by atoms with Gasteiger partial charge in [-0.25, -0.2) is 0 Å². The van der Waals surface area contributed by atoms with E-state index in [1.165, 1.54) is 193 Å². The van der Waals surface area contributed by atoms with Gasteiger partial charge >= 0.3 is 0 Å². The van der Waals surface area contributed by atoms with Gasteiger partial charge in [0.25, 0.3) is 0 Å². The molecule has 0 atom stereocenters. The average Bonchev–Trinajstić information content (AvgIpc) is 4.35. The Labute approximate surface area is 446 Å². The van der Waals surface area contributed by atoms with Gasteiger partial charge in [-0.05, 0) is 182 Å². The molecule has 4 heterocycles. The number of hydrogen-bond acceptors (Lipinski definition) is 2. The summed E-state index contributed by atoms with van der Waals surface area (Å²) in [6, 6.07) is 62.0. The summed E-state index contributed by atoms with van der Waals surface area (Å²) in [5.74, 6) is 0. The first-order valence-electron chi connectivity index (χ1n) is 28.2. The fourth-order valence-electron chi connectivity index (χ4n) is 14.2. The maximum absolute atomic E-state index is 2.67. The standard InChI is InChI=1S/C72H66N4/c1-43-23-29-49(30-24-43)73(51-33-27-45-15-9-11-17-47(45)39-51)61-37-35-53-57-41-64-58(42-63(57)75-67-55(65(61)69(53)75)19-13-21-59(67)71(3,4)5)54-36-38-62(66-56-20-14-22-60(72(6,7)8)68(56)76(64)70(54)66)74(50-31-25-44(2)26-32-50)52-34-28-46-16-10-12-18-48(46)40-52/h13-14,19-42H,9-12,15-18H2,1-8H3. The monoisotopic (exact) mass is 987 g/mol. The summed E-state index contributed by atoms with van der Waals surface area (Å²) in [5, 5.41) is 10.4. The van der Waals surface area contributed by atoms with Gasteiger partial charge in [-0.15, -0.1) is 0 Å². The van der Waals surface area contributed by atoms with Crippen molar-refractivity contribution in [3.63, 3.8) is 0 Å². The number of anilines is 6. The number of benzene rings is 9. The van der Waals surface area contributed by atoms with Gasteiger partial charge in [0, 0.05) is 65.8 Å². The van der Waals surface area contributed by atoms with Crippen LogP contribution in [0.4, 0.5) is 34.1 Å². The predicted molar refractivity (Wildman–Crippen MR) is 325 cm³/mol. The zero-order chi connectivity index (χ0) is 51.5. The SMILES string of the molecule is Cc1ccc(N(c2ccc3c(c2)CCCC3)c2ccc3c4cc5c(cc4n4c6c(C(C)(C)C)cccc6c2c34)c2ccc(N(c3ccc(C)cc3)c3ccc4c(c3)CCCC4)c3c4cccc(C(C)(C)C)c4n5c23)cc1. The van der Waals surface area contributed by atoms with Crippen molar-refractivity contribution in [2.75, 3.05) is 9.80 Å². The molecule has 374 valence electrons. The van der Waals surface area contributed by atoms with Crippen molar-refractivity contribution < 1.29 is 0 Å². The van der Waals surface area contributed by atoms with Crippen molar-refractivity contribution >= 4 is 110 Å². The van der Waals surface area contributed by atoms with Gasteiger partial charge in [-0.3, -0.25) is 0 Å². The van der Waals surface area contributed by atoms with Crippen molar-refractivity contribution in [2.24, 2.45) is 0 Å². The fourth-order valence-corrected chi connectivity index (χ4v) is 14.2. The fraction of sp³-hybridized carbons (Fsp3) is 0.250. The number of nitrogens with zero attached hydrogens (tertiary/aromatic N) is 4. The average molecular weight is 987 g/mol. The number of fused-ring (bicyclic) bond motifs is 14. The van der Waals surface area contributed by atoms with Crippen molar-refractivity contribution in [3.8, 4) is 0 Å². The normalized spacial score (nSPS) is 14.4. The zero-order valence-electron chi connectivity index (χ0n) is 45.5. The smallest absolute Gasteiger partial charge is 0.0641 e. The minimum Gasteiger partial charge on any atom is -0.310 e. The van der Waals surface area contributed by atoms with Gasteiger partial charge < -0.3 is 18.6 Å². The molecule has 4 aromatic heterocycles. The Kier molecular flexibility index (Phi) is 9.80. The van der Waals surface area contributed by atoms with Crippen LogP contribution in [0.2, 0.25) is 0 Å². The highest BCUT2D eigenvalue weighted by molar-refractivity contribution is 6.32. The second-order valence-electron chi connectivity index (χ2n) is 24.8. The lowest BCUT2D eigenvalue weighted by atomic mass is 9.85. The maximum atomic E-state index is 2.67. The van der Waals surface area contributed by atoms with E-state index in [4.69, 9.17) is 0 Å². The van der Waals surface area contributed by atoms with Crippen LogP contribution in [0.3, 0.4) is 0 Å². The molecule has 0 spiro atoms. The van der Waals surface area contributed by atoms with E-state index in [-0.39, 0.29) is 10.8 Å². The Hall–Kier alpha value is -7.82. The molecule has 15 rings (SSSR count). The van der Waals surface area contributed by atoms with E-state index in [1.54, 1.807) is 0 Å². The number of para-hydroxylation sites is 2. The van der Waals surface area contributed by atoms with Crippen LogP contribution in [-0.4, -0.2) is 8.80 Å². The van der Waals surface area contributed by atoms with E-state index in [0.29, 0.717) is 0 Å². The van der Waals surface area contributed by atoms with Crippen LogP contribution < -0.4 is 9.80 Å². The number of rotatable bonds is 6. The lowest BCUT2D eigenvalue weighted by Crippen LogP contribution is -2.12. The van der Waals surface area contributed by atoms with Crippen LogP contribution in [0.5, 0.6) is 0 Å². The van der Waals surface area contributed by atoms with Gasteiger partial charge in [-0.1, -0.05) is 138 Å². The Morgan fingerprint density at radius 2 is 0.724 bits per heavy atom. The largest absolute Gasteiger partial charge is 0.310 e. The summed E-state index contributed by atoms with van der Waals surface area (Å²) in [4.78, 5) is 5.11. The van der Waals surface area contributed by atoms with E-state index < -0.39 is 0 Å². The molecule has 76 heavy (non-hydrogen) atoms. The summed E-state index contributed by atoms with van der Waals surface area (Å²) in [7, 11) is 0. The Morgan fingerprint density at radius 3 is 1.12 bits per heavy atom. The molecule has 13 aromatic rings. The van der Waals surface area contributed by atoms with Crippen LogP contribution in [0.15, 0.2) is 158 Å². The molecule has 0 bridgehead atoms. The topological polar surface area (TPSA) is 15.3 Å². The van der Waals surface area contributed by atoms with Gasteiger partial charge in [0.15, 0.2) is 0 Å². The molecule has 2 aliphatic carbocycles. The first kappa shape index (κ1) is 45.6. The molecule has 0 saturated heterocycles. The maximum Gasteiger partial charge on any atom is 0.0641 e. The first-order valence-corrected chi connectivity index (χ1v) is 28.2. The van der Waals surface area contributed by atoms with Crippen molar-refractivity contribution in [3.05, 3.63) is 202 Å². The Bertz CT molecular complexity index is 4200. The van der Waals surface area contributed by atoms with Crippen LogP contribution in [0.25, 0.3) is 76.2 Å². The second-order valence-corrected chi connectivity index (χ2v) is 24.8. The van der Waals surface area contributed by atoms with E-state index in [9.17, 15) is 0 Å². The van der Waals surface area contributed by atoms with E-state index in [1.807, 2.05) is 0 Å². The van der Waals surface area contributed by atoms with Gasteiger partial charge in [-0.2, -0.15) is 0 Å². The predicted octanol–water partition coefficient (Wildman–Crippen LogP) is 19.9. The quantitative estimate of drug-likeness (QED) is 0.165. The molecule has 0 N–H and O–H groups in total. The molecule has 0 aliphatic heterocycles. The van der Waals surface area contributed by atoms with Gasteiger partial charge in [0.2, 0.25) is 0 Å². The van der Waals surface area contributed by atoms with E-state index in [2.05, 4.69) is 232 Å². The molecular weight excluding hydrogens is 921 g/mol. The third-order valence-electron chi connectivity index (χ3n) is 17.9. The summed E-state index contributed by atoms with van der Waals surface area (Å²) in [6.07, 6.45) is 9.65. The summed E-state index contributed by atoms with van der Waals surface area (Å²) in [6.45, 7) is 18.7. The van der Waals surface area contributed by atoms with Gasteiger partial charge in [0.1, 0.15) is 0 Å². The minimum atomic E-state index is -0.105. The van der Waals surface area contributed by atoms with E-state index in [0.717, 1.165) is 12.8 Å². The van der Waals surface area contributed by atoms with Crippen LogP contribution >= 0.6 is 0 Å². The summed E-state index contributed by atoms with van der Waals surface area (Å²) < 4.78 is 5.35. The zero-order valence-corrected chi connectivity index (χ0v) is 45.5. The lowest BCUT2D eigenvalue weighted by molar-refractivity contribution is 0.594. The lowest BCUT2D eigenvalue weighted by Gasteiger charge is -2.28. The highest BCUT2D eigenvalue weighted by atomic mass is 15.2. The molecular formula is C72H66N4. The molecule has 0 saturated carbocycles. The summed E-state index contributed by atoms with van der Waals surface area (Å²) >= 11 is 0. The molecule has 2 aliphatic rings. The molecule has 4 nitrogen and oxygen atoms in total. The molecule has 0 unspecified atom stereocenters. The molecule has 0 radical (unpaired) electrons. The number of aromatic nitrogens is 2. The number of hydrogen-bond donors (Lipinski definition) is 0. The molecule has 9 aromatic carbocycles. The highest BCUT2D eigenvalue weighted by Crippen LogP contribution is 2.53. The summed E-state index contributed by atoms with van der Waals surface area (Å²) in [5.41, 5.74) is 26.0. The Morgan fingerprint density at radius 1 is 0.342 bits per heavy atom. The van der Waals surface area contributed by atoms with Crippen LogP contribution in [0.1, 0.15) is 112 Å². The number of aryl methyl sites for hydroxylation is 6. The van der Waals surface area contributed by atoms with Crippen molar-refractivity contribution in [1.82, 2.24) is 8.80 Å². The van der Waals surface area contributed by atoms with Crippen LogP contribution in [0, 0.1) is 13.8 Å². The van der Waals surface area contributed by atoms with Gasteiger partial charge in [0.05, 0.1) is 44.5 Å². The first-order chi connectivity index (χ1) is 36.8. The van der Waals surface area contributed by atoms with E-state index >= 15 is 0 Å².